The van der Waals surface area contributed by atoms with Crippen molar-refractivity contribution in [2.45, 2.75) is 57.1 Å². The second-order valence-electron chi connectivity index (χ2n) is 10.3. The third kappa shape index (κ3) is 4.14. The SMILES string of the molecule is COc1cc(C=C2CCCN3C2=NOC2(CCCC2)[C@@H]3c2cc(F)c(F)c(F)c2)ccc1-n1cnc(C)c1. The van der Waals surface area contributed by atoms with Gasteiger partial charge in [0.1, 0.15) is 5.75 Å². The number of aromatic nitrogens is 2. The molecule has 2 aromatic carbocycles. The molecule has 1 saturated heterocycles. The molecule has 0 unspecified atom stereocenters. The van der Waals surface area contributed by atoms with Gasteiger partial charge in [-0.3, -0.25) is 0 Å². The van der Waals surface area contributed by atoms with E-state index in [2.05, 4.69) is 21.1 Å². The second kappa shape index (κ2) is 9.53. The molecule has 1 spiro atoms. The van der Waals surface area contributed by atoms with Gasteiger partial charge in [0.15, 0.2) is 28.9 Å². The topological polar surface area (TPSA) is 51.9 Å². The van der Waals surface area contributed by atoms with Crippen LogP contribution in [0.3, 0.4) is 0 Å². The van der Waals surface area contributed by atoms with E-state index < -0.39 is 29.1 Å². The Kier molecular flexibility index (Phi) is 6.16. The van der Waals surface area contributed by atoms with Gasteiger partial charge in [0.25, 0.3) is 0 Å². The van der Waals surface area contributed by atoms with Gasteiger partial charge in [0.05, 0.1) is 30.9 Å². The molecule has 1 aromatic heterocycles. The Bertz CT molecular complexity index is 1420. The van der Waals surface area contributed by atoms with E-state index in [1.165, 1.54) is 0 Å². The predicted octanol–water partition coefficient (Wildman–Crippen LogP) is 6.48. The van der Waals surface area contributed by atoms with E-state index in [9.17, 15) is 13.2 Å². The quantitative estimate of drug-likeness (QED) is 0.368. The molecule has 2 aliphatic heterocycles. The second-order valence-corrected chi connectivity index (χ2v) is 10.3. The van der Waals surface area contributed by atoms with Crippen molar-refractivity contribution >= 4 is 11.9 Å². The molecule has 3 aliphatic rings. The number of piperidine rings is 1. The van der Waals surface area contributed by atoms with Crippen LogP contribution >= 0.6 is 0 Å². The van der Waals surface area contributed by atoms with Crippen LogP contribution in [0, 0.1) is 24.4 Å². The normalized spacial score (nSPS) is 21.4. The molecule has 0 N–H and O–H groups in total. The van der Waals surface area contributed by atoms with Gasteiger partial charge in [-0.15, -0.1) is 0 Å². The highest BCUT2D eigenvalue weighted by molar-refractivity contribution is 6.03. The van der Waals surface area contributed by atoms with E-state index in [0.717, 1.165) is 73.2 Å². The molecular weight excluding hydrogens is 493 g/mol. The zero-order chi connectivity index (χ0) is 26.4. The molecule has 9 heteroatoms. The molecule has 198 valence electrons. The molecule has 6 rings (SSSR count). The smallest absolute Gasteiger partial charge is 0.194 e. The van der Waals surface area contributed by atoms with E-state index in [1.807, 2.05) is 35.9 Å². The lowest BCUT2D eigenvalue weighted by Crippen LogP contribution is -2.54. The number of hydrogen-bond donors (Lipinski definition) is 0. The van der Waals surface area contributed by atoms with Gasteiger partial charge in [0.2, 0.25) is 0 Å². The highest BCUT2D eigenvalue weighted by atomic mass is 19.2. The molecule has 38 heavy (non-hydrogen) atoms. The minimum Gasteiger partial charge on any atom is -0.495 e. The van der Waals surface area contributed by atoms with E-state index in [0.29, 0.717) is 23.7 Å². The zero-order valence-corrected chi connectivity index (χ0v) is 21.4. The minimum atomic E-state index is -1.46. The third-order valence-corrected chi connectivity index (χ3v) is 7.83. The molecule has 6 nitrogen and oxygen atoms in total. The van der Waals surface area contributed by atoms with Crippen molar-refractivity contribution < 1.29 is 22.7 Å². The number of hydrogen-bond acceptors (Lipinski definition) is 5. The number of benzene rings is 2. The maximum absolute atomic E-state index is 14.4. The van der Waals surface area contributed by atoms with Crippen molar-refractivity contribution in [3.8, 4) is 11.4 Å². The van der Waals surface area contributed by atoms with E-state index in [-0.39, 0.29) is 0 Å². The summed E-state index contributed by atoms with van der Waals surface area (Å²) in [5, 5.41) is 4.58. The van der Waals surface area contributed by atoms with Crippen molar-refractivity contribution in [2.75, 3.05) is 13.7 Å². The fourth-order valence-electron chi connectivity index (χ4n) is 6.12. The molecule has 2 fully saturated rings. The first kappa shape index (κ1) is 24.6. The van der Waals surface area contributed by atoms with Crippen molar-refractivity contribution in [1.29, 1.82) is 0 Å². The summed E-state index contributed by atoms with van der Waals surface area (Å²) in [7, 11) is 1.63. The van der Waals surface area contributed by atoms with Crippen LogP contribution in [0.15, 0.2) is 53.6 Å². The van der Waals surface area contributed by atoms with Crippen molar-refractivity contribution in [2.24, 2.45) is 5.16 Å². The Labute approximate surface area is 219 Å². The number of methoxy groups -OCH3 is 1. The highest BCUT2D eigenvalue weighted by Gasteiger charge is 2.52. The van der Waals surface area contributed by atoms with Gasteiger partial charge in [-0.25, -0.2) is 18.2 Å². The molecule has 0 radical (unpaired) electrons. The van der Waals surface area contributed by atoms with Crippen LogP contribution in [-0.2, 0) is 4.84 Å². The number of imidazole rings is 1. The maximum atomic E-state index is 14.4. The Morgan fingerprint density at radius 2 is 1.84 bits per heavy atom. The first-order valence-electron chi connectivity index (χ1n) is 13.0. The summed E-state index contributed by atoms with van der Waals surface area (Å²) in [6.07, 6.45) is 10.7. The number of nitrogens with zero attached hydrogens (tertiary/aromatic N) is 4. The Hall–Kier alpha value is -3.75. The van der Waals surface area contributed by atoms with Crippen molar-refractivity contribution in [3.05, 3.63) is 82.7 Å². The average molecular weight is 523 g/mol. The van der Waals surface area contributed by atoms with Gasteiger partial charge in [-0.05, 0) is 92.5 Å². The molecule has 1 atom stereocenters. The van der Waals surface area contributed by atoms with E-state index in [4.69, 9.17) is 9.57 Å². The minimum absolute atomic E-state index is 0.374. The van der Waals surface area contributed by atoms with Gasteiger partial charge in [-0.1, -0.05) is 11.2 Å². The average Bonchev–Trinajstić information content (AvgIpc) is 3.56. The number of ether oxygens (including phenoxy) is 1. The summed E-state index contributed by atoms with van der Waals surface area (Å²) >= 11 is 0. The van der Waals surface area contributed by atoms with Crippen LogP contribution in [0.1, 0.15) is 61.4 Å². The lowest BCUT2D eigenvalue weighted by atomic mass is 9.83. The lowest BCUT2D eigenvalue weighted by molar-refractivity contribution is -0.108. The summed E-state index contributed by atoms with van der Waals surface area (Å²) < 4.78 is 50.1. The molecule has 0 amide bonds. The number of oxime groups is 1. The molecular formula is C29H29F3N4O2. The van der Waals surface area contributed by atoms with Gasteiger partial charge < -0.3 is 19.0 Å². The van der Waals surface area contributed by atoms with Crippen molar-refractivity contribution in [1.82, 2.24) is 14.5 Å². The summed E-state index contributed by atoms with van der Waals surface area (Å²) in [5.74, 6) is -2.48. The van der Waals surface area contributed by atoms with Crippen molar-refractivity contribution in [3.63, 3.8) is 0 Å². The highest BCUT2D eigenvalue weighted by Crippen LogP contribution is 2.50. The monoisotopic (exact) mass is 522 g/mol. The number of fused-ring (bicyclic) bond motifs is 1. The third-order valence-electron chi connectivity index (χ3n) is 7.83. The number of aryl methyl sites for hydroxylation is 1. The molecule has 1 saturated carbocycles. The first-order valence-corrected chi connectivity index (χ1v) is 13.0. The standard InChI is InChI=1S/C29H29F3N4O2/c1-18-16-35(17-33-18)24-8-7-19(13-25(24)37-2)12-20-6-5-11-36-27(21-14-22(30)26(32)23(31)15-21)29(9-3-4-10-29)38-34-28(20)36/h7-8,12-17,27H,3-6,9-11H2,1-2H3/t27-/m0/s1. The fourth-order valence-corrected chi connectivity index (χ4v) is 6.12. The van der Waals surface area contributed by atoms with E-state index >= 15 is 0 Å². The number of amidine groups is 1. The molecule has 0 bridgehead atoms. The first-order chi connectivity index (χ1) is 18.4. The van der Waals surface area contributed by atoms with Crippen LogP contribution in [0.25, 0.3) is 11.8 Å². The number of halogens is 3. The van der Waals surface area contributed by atoms with Gasteiger partial charge in [-0.2, -0.15) is 0 Å². The van der Waals surface area contributed by atoms with E-state index in [1.54, 1.807) is 13.4 Å². The summed E-state index contributed by atoms with van der Waals surface area (Å²) in [6, 6.07) is 7.69. The summed E-state index contributed by atoms with van der Waals surface area (Å²) in [6.45, 7) is 2.59. The lowest BCUT2D eigenvalue weighted by Gasteiger charge is -2.49. The zero-order valence-electron chi connectivity index (χ0n) is 21.4. The Balaban J connectivity index is 1.39. The molecule has 1 aliphatic carbocycles. The predicted molar refractivity (Wildman–Crippen MR) is 138 cm³/mol. The van der Waals surface area contributed by atoms with Crippen LogP contribution in [-0.4, -0.2) is 39.5 Å². The van der Waals surface area contributed by atoms with Gasteiger partial charge >= 0.3 is 0 Å². The molecule has 3 aromatic rings. The van der Waals surface area contributed by atoms with Crippen LogP contribution in [0.5, 0.6) is 5.75 Å². The Morgan fingerprint density at radius 1 is 1.08 bits per heavy atom. The summed E-state index contributed by atoms with van der Waals surface area (Å²) in [4.78, 5) is 12.6. The van der Waals surface area contributed by atoms with Crippen LogP contribution < -0.4 is 4.74 Å². The molecule has 3 heterocycles. The maximum Gasteiger partial charge on any atom is 0.194 e. The Morgan fingerprint density at radius 3 is 2.53 bits per heavy atom. The summed E-state index contributed by atoms with van der Waals surface area (Å²) in [5.41, 5.74) is 3.35. The largest absolute Gasteiger partial charge is 0.495 e. The van der Waals surface area contributed by atoms with Gasteiger partial charge in [0, 0.05) is 12.7 Å². The van der Waals surface area contributed by atoms with Crippen LogP contribution in [0.2, 0.25) is 0 Å². The van der Waals surface area contributed by atoms with Crippen LogP contribution in [0.4, 0.5) is 13.2 Å². The number of rotatable bonds is 4. The fraction of sp³-hybridized carbons (Fsp3) is 0.379.